The number of nitrogens with one attached hydrogen (secondary N) is 1. The lowest BCUT2D eigenvalue weighted by Gasteiger charge is -2.20. The minimum absolute atomic E-state index is 0. The molecule has 0 aliphatic carbocycles. The third-order valence-corrected chi connectivity index (χ3v) is 2.17. The minimum Gasteiger partial charge on any atom is -0.492 e. The summed E-state index contributed by atoms with van der Waals surface area (Å²) in [7, 11) is 0. The summed E-state index contributed by atoms with van der Waals surface area (Å²) in [6.07, 6.45) is 0. The third kappa shape index (κ3) is 8.69. The van der Waals surface area contributed by atoms with Crippen LogP contribution in [0.15, 0.2) is 29.3 Å². The molecule has 1 aromatic carbocycles. The Kier molecular flexibility index (Phi) is 7.82. The van der Waals surface area contributed by atoms with Crippen molar-refractivity contribution in [3.05, 3.63) is 29.8 Å². The summed E-state index contributed by atoms with van der Waals surface area (Å²) in [4.78, 5) is 4.20. The van der Waals surface area contributed by atoms with Crippen molar-refractivity contribution in [3.63, 3.8) is 0 Å². The number of aliphatic imine (C=N–C) groups is 1. The average molecular weight is 377 g/mol. The molecule has 0 radical (unpaired) electrons. The van der Waals surface area contributed by atoms with Crippen molar-refractivity contribution in [2.45, 2.75) is 33.2 Å². The number of hydrogen-bond donors (Lipinski definition) is 2. The monoisotopic (exact) mass is 377 g/mol. The van der Waals surface area contributed by atoms with Gasteiger partial charge >= 0.3 is 0 Å². The van der Waals surface area contributed by atoms with Gasteiger partial charge in [0, 0.05) is 5.54 Å². The van der Waals surface area contributed by atoms with Gasteiger partial charge in [0.2, 0.25) is 0 Å². The van der Waals surface area contributed by atoms with E-state index in [1.165, 1.54) is 5.56 Å². The third-order valence-electron chi connectivity index (χ3n) is 2.17. The fourth-order valence-corrected chi connectivity index (χ4v) is 1.39. The van der Waals surface area contributed by atoms with Crippen molar-refractivity contribution in [2.24, 2.45) is 10.7 Å². The van der Waals surface area contributed by atoms with E-state index in [4.69, 9.17) is 10.5 Å². The van der Waals surface area contributed by atoms with Crippen molar-refractivity contribution in [2.75, 3.05) is 13.2 Å². The zero-order chi connectivity index (χ0) is 13.6. The lowest BCUT2D eigenvalue weighted by Crippen LogP contribution is -2.45. The number of ether oxygens (including phenoxy) is 1. The number of halogens is 1. The Morgan fingerprint density at radius 2 is 1.84 bits per heavy atom. The quantitative estimate of drug-likeness (QED) is 0.367. The van der Waals surface area contributed by atoms with Crippen molar-refractivity contribution in [3.8, 4) is 5.75 Å². The van der Waals surface area contributed by atoms with Crippen LogP contribution in [0.25, 0.3) is 0 Å². The number of guanidine groups is 1. The second-order valence-electron chi connectivity index (χ2n) is 5.30. The van der Waals surface area contributed by atoms with Crippen molar-refractivity contribution in [1.82, 2.24) is 5.32 Å². The lowest BCUT2D eigenvalue weighted by molar-refractivity contribution is 0.328. The first kappa shape index (κ1) is 18.0. The maximum absolute atomic E-state index is 5.74. The van der Waals surface area contributed by atoms with E-state index in [-0.39, 0.29) is 29.5 Å². The molecule has 0 spiro atoms. The molecule has 0 aliphatic rings. The van der Waals surface area contributed by atoms with Crippen molar-refractivity contribution in [1.29, 1.82) is 0 Å². The minimum atomic E-state index is -0.0641. The molecule has 0 saturated carbocycles. The molecule has 0 amide bonds. The summed E-state index contributed by atoms with van der Waals surface area (Å²) in [6.45, 7) is 9.24. The average Bonchev–Trinajstić information content (AvgIpc) is 2.24. The zero-order valence-electron chi connectivity index (χ0n) is 12.1. The van der Waals surface area contributed by atoms with E-state index in [1.54, 1.807) is 0 Å². The Balaban J connectivity index is 0.00000324. The fourth-order valence-electron chi connectivity index (χ4n) is 1.39. The summed E-state index contributed by atoms with van der Waals surface area (Å²) in [5, 5.41) is 3.10. The van der Waals surface area contributed by atoms with Crippen LogP contribution in [0.1, 0.15) is 26.3 Å². The van der Waals surface area contributed by atoms with Crippen LogP contribution in [0.4, 0.5) is 0 Å². The van der Waals surface area contributed by atoms with Crippen molar-refractivity contribution < 1.29 is 4.74 Å². The van der Waals surface area contributed by atoms with Crippen LogP contribution in [-0.4, -0.2) is 24.7 Å². The number of aryl methyl sites for hydroxylation is 1. The Morgan fingerprint density at radius 1 is 1.26 bits per heavy atom. The summed E-state index contributed by atoms with van der Waals surface area (Å²) >= 11 is 0. The highest BCUT2D eigenvalue weighted by Gasteiger charge is 2.09. The lowest BCUT2D eigenvalue weighted by atomic mass is 10.1. The summed E-state index contributed by atoms with van der Waals surface area (Å²) in [5.74, 6) is 1.31. The number of hydrogen-bond acceptors (Lipinski definition) is 2. The molecule has 0 fully saturated rings. The first-order valence-electron chi connectivity index (χ1n) is 6.14. The van der Waals surface area contributed by atoms with Gasteiger partial charge in [-0.2, -0.15) is 0 Å². The largest absolute Gasteiger partial charge is 0.492 e. The zero-order valence-corrected chi connectivity index (χ0v) is 14.4. The van der Waals surface area contributed by atoms with E-state index in [0.717, 1.165) is 5.75 Å². The van der Waals surface area contributed by atoms with Crippen LogP contribution in [0, 0.1) is 6.92 Å². The summed E-state index contributed by atoms with van der Waals surface area (Å²) in [6, 6.07) is 7.95. The van der Waals surface area contributed by atoms with E-state index in [0.29, 0.717) is 19.1 Å². The molecule has 0 aliphatic heterocycles. The van der Waals surface area contributed by atoms with Crippen LogP contribution in [0.5, 0.6) is 5.75 Å². The van der Waals surface area contributed by atoms with E-state index in [2.05, 4.69) is 10.3 Å². The molecule has 0 bridgehead atoms. The number of nitrogens with two attached hydrogens (primary N) is 1. The Labute approximate surface area is 132 Å². The molecule has 0 atom stereocenters. The topological polar surface area (TPSA) is 59.6 Å². The second kappa shape index (κ2) is 8.24. The molecule has 0 unspecified atom stereocenters. The van der Waals surface area contributed by atoms with Gasteiger partial charge < -0.3 is 15.8 Å². The molecule has 5 heteroatoms. The highest BCUT2D eigenvalue weighted by atomic mass is 127. The van der Waals surface area contributed by atoms with E-state index in [9.17, 15) is 0 Å². The van der Waals surface area contributed by atoms with Gasteiger partial charge in [0.1, 0.15) is 12.4 Å². The first-order valence-corrected chi connectivity index (χ1v) is 6.14. The van der Waals surface area contributed by atoms with Gasteiger partial charge in [0.15, 0.2) is 5.96 Å². The summed E-state index contributed by atoms with van der Waals surface area (Å²) in [5.41, 5.74) is 6.90. The molecule has 108 valence electrons. The summed E-state index contributed by atoms with van der Waals surface area (Å²) < 4.78 is 5.55. The normalized spacial score (nSPS) is 11.7. The predicted octanol–water partition coefficient (Wildman–Crippen LogP) is 2.69. The molecule has 1 rings (SSSR count). The standard InChI is InChI=1S/C14H23N3O.HI/c1-11-5-7-12(8-6-11)18-10-9-16-13(15)17-14(2,3)4;/h5-8H,9-10H2,1-4H3,(H3,15,16,17);1H. The second-order valence-corrected chi connectivity index (χ2v) is 5.30. The smallest absolute Gasteiger partial charge is 0.189 e. The van der Waals surface area contributed by atoms with Crippen molar-refractivity contribution >= 4 is 29.9 Å². The molecule has 19 heavy (non-hydrogen) atoms. The first-order chi connectivity index (χ1) is 8.37. The SMILES string of the molecule is Cc1ccc(OCCN=C(N)NC(C)(C)C)cc1.I. The van der Waals surface area contributed by atoms with Gasteiger partial charge in [0.25, 0.3) is 0 Å². The van der Waals surface area contributed by atoms with Gasteiger partial charge in [-0.15, -0.1) is 24.0 Å². The predicted molar refractivity (Wildman–Crippen MR) is 91.5 cm³/mol. The Hall–Kier alpha value is -0.980. The highest BCUT2D eigenvalue weighted by Crippen LogP contribution is 2.10. The Bertz CT molecular complexity index is 396. The van der Waals surface area contributed by atoms with Gasteiger partial charge in [0.05, 0.1) is 6.54 Å². The fraction of sp³-hybridized carbons (Fsp3) is 0.500. The van der Waals surface area contributed by atoms with Gasteiger partial charge in [-0.25, -0.2) is 4.99 Å². The van der Waals surface area contributed by atoms with Crippen LogP contribution < -0.4 is 15.8 Å². The van der Waals surface area contributed by atoms with E-state index < -0.39 is 0 Å². The number of benzene rings is 1. The van der Waals surface area contributed by atoms with Gasteiger partial charge in [-0.1, -0.05) is 17.7 Å². The molecule has 0 aromatic heterocycles. The van der Waals surface area contributed by atoms with Crippen LogP contribution in [0.2, 0.25) is 0 Å². The molecular weight excluding hydrogens is 353 g/mol. The molecule has 0 heterocycles. The van der Waals surface area contributed by atoms with Crippen LogP contribution in [0.3, 0.4) is 0 Å². The van der Waals surface area contributed by atoms with Gasteiger partial charge in [-0.3, -0.25) is 0 Å². The molecule has 4 nitrogen and oxygen atoms in total. The maximum Gasteiger partial charge on any atom is 0.189 e. The van der Waals surface area contributed by atoms with Gasteiger partial charge in [-0.05, 0) is 39.8 Å². The van der Waals surface area contributed by atoms with Crippen LogP contribution >= 0.6 is 24.0 Å². The Morgan fingerprint density at radius 3 is 2.37 bits per heavy atom. The van der Waals surface area contributed by atoms with Crippen LogP contribution in [-0.2, 0) is 0 Å². The van der Waals surface area contributed by atoms with E-state index in [1.807, 2.05) is 52.0 Å². The van der Waals surface area contributed by atoms with E-state index >= 15 is 0 Å². The highest BCUT2D eigenvalue weighted by molar-refractivity contribution is 14.0. The molecule has 3 N–H and O–H groups in total. The number of rotatable bonds is 4. The number of nitrogens with zero attached hydrogens (tertiary/aromatic N) is 1. The molecular formula is C14H24IN3O. The molecule has 0 saturated heterocycles. The maximum atomic E-state index is 5.74. The molecule has 1 aromatic rings.